The number of fused-ring (bicyclic) bond motifs is 1. The highest BCUT2D eigenvalue weighted by Gasteiger charge is 2.07. The highest BCUT2D eigenvalue weighted by molar-refractivity contribution is 7.84. The molecule has 0 aromatic heterocycles. The van der Waals surface area contributed by atoms with Gasteiger partial charge < -0.3 is 11.1 Å². The maximum Gasteiger partial charge on any atom is 0.104 e. The van der Waals surface area contributed by atoms with Gasteiger partial charge >= 0.3 is 0 Å². The van der Waals surface area contributed by atoms with Crippen LogP contribution in [0.15, 0.2) is 36.4 Å². The molecule has 1 atom stereocenters. The van der Waals surface area contributed by atoms with Gasteiger partial charge in [0.1, 0.15) is 4.99 Å². The lowest BCUT2D eigenvalue weighted by molar-refractivity contribution is 0.684. The first-order valence-electron chi connectivity index (χ1n) is 6.54. The van der Waals surface area contributed by atoms with Crippen molar-refractivity contribution in [1.29, 1.82) is 0 Å². The zero-order chi connectivity index (χ0) is 14.5. The summed E-state index contributed by atoms with van der Waals surface area (Å²) >= 11 is 5.09. The van der Waals surface area contributed by atoms with Crippen molar-refractivity contribution in [3.8, 4) is 0 Å². The minimum atomic E-state index is -0.749. The predicted molar refractivity (Wildman–Crippen MR) is 91.9 cm³/mol. The van der Waals surface area contributed by atoms with Gasteiger partial charge in [0, 0.05) is 45.5 Å². The molecule has 0 fully saturated rings. The summed E-state index contributed by atoms with van der Waals surface area (Å²) in [5, 5.41) is 5.47. The molecule has 0 aliphatic rings. The van der Waals surface area contributed by atoms with Gasteiger partial charge in [-0.1, -0.05) is 43.4 Å². The van der Waals surface area contributed by atoms with E-state index in [-0.39, 0.29) is 0 Å². The average molecular weight is 306 g/mol. The molecule has 0 radical (unpaired) electrons. The van der Waals surface area contributed by atoms with Crippen molar-refractivity contribution in [3.05, 3.63) is 42.0 Å². The molecule has 0 aliphatic heterocycles. The van der Waals surface area contributed by atoms with Crippen LogP contribution in [0.2, 0.25) is 0 Å². The minimum Gasteiger partial charge on any atom is -0.389 e. The van der Waals surface area contributed by atoms with Gasteiger partial charge in [-0.05, 0) is 17.5 Å². The molecule has 0 saturated carbocycles. The van der Waals surface area contributed by atoms with Gasteiger partial charge in [0.25, 0.3) is 0 Å². The number of thiocarbonyl (C=S) groups is 1. The molecule has 0 bridgehead atoms. The summed E-state index contributed by atoms with van der Waals surface area (Å²) in [5.41, 5.74) is 7.67. The molecule has 2 rings (SSSR count). The molecule has 0 spiro atoms. The smallest absolute Gasteiger partial charge is 0.104 e. The van der Waals surface area contributed by atoms with E-state index in [0.717, 1.165) is 22.0 Å². The fraction of sp³-hybridized carbons (Fsp3) is 0.267. The van der Waals surface area contributed by atoms with E-state index >= 15 is 0 Å². The molecule has 0 saturated heterocycles. The van der Waals surface area contributed by atoms with Crippen LogP contribution in [-0.4, -0.2) is 27.2 Å². The fourth-order valence-corrected chi connectivity index (χ4v) is 2.91. The second kappa shape index (κ2) is 6.81. The molecule has 106 valence electrons. The van der Waals surface area contributed by atoms with E-state index in [0.29, 0.717) is 23.0 Å². The van der Waals surface area contributed by atoms with Gasteiger partial charge in [-0.15, -0.1) is 0 Å². The maximum atomic E-state index is 11.4. The van der Waals surface area contributed by atoms with E-state index in [4.69, 9.17) is 18.0 Å². The summed E-state index contributed by atoms with van der Waals surface area (Å²) < 4.78 is 11.4. The lowest BCUT2D eigenvalue weighted by Crippen LogP contribution is -2.13. The lowest BCUT2D eigenvalue weighted by Gasteiger charge is -2.12. The summed E-state index contributed by atoms with van der Waals surface area (Å²) in [5.74, 6) is 1.35. The predicted octanol–water partition coefficient (Wildman–Crippen LogP) is 2.65. The summed E-state index contributed by atoms with van der Waals surface area (Å²) in [7, 11) is -0.749. The number of anilines is 1. The summed E-state index contributed by atoms with van der Waals surface area (Å²) in [6.45, 7) is 2.62. The monoisotopic (exact) mass is 306 g/mol. The van der Waals surface area contributed by atoms with Gasteiger partial charge in [-0.3, -0.25) is 4.21 Å². The minimum absolute atomic E-state index is 0.403. The van der Waals surface area contributed by atoms with E-state index in [1.54, 1.807) is 0 Å². The van der Waals surface area contributed by atoms with Crippen molar-refractivity contribution in [1.82, 2.24) is 0 Å². The standard InChI is InChI=1S/C15H18N2OS2/c1-2-20(18)10-9-17-14-8-7-13(15(16)19)11-5-3-4-6-12(11)14/h3-8,17H,2,9-10H2,1H3,(H2,16,19). The molecule has 2 aromatic rings. The lowest BCUT2D eigenvalue weighted by atomic mass is 10.0. The number of nitrogens with one attached hydrogen (secondary N) is 1. The van der Waals surface area contributed by atoms with Gasteiger partial charge in [0.2, 0.25) is 0 Å². The maximum absolute atomic E-state index is 11.4. The molecule has 3 N–H and O–H groups in total. The number of rotatable bonds is 6. The largest absolute Gasteiger partial charge is 0.389 e. The van der Waals surface area contributed by atoms with Crippen molar-refractivity contribution >= 4 is 44.5 Å². The Hall–Kier alpha value is -1.46. The molecule has 2 aromatic carbocycles. The van der Waals surface area contributed by atoms with Crippen LogP contribution < -0.4 is 11.1 Å². The molecule has 20 heavy (non-hydrogen) atoms. The SMILES string of the molecule is CCS(=O)CCNc1ccc(C(N)=S)c2ccccc12. The molecule has 3 nitrogen and oxygen atoms in total. The average Bonchev–Trinajstić information content (AvgIpc) is 2.46. The summed E-state index contributed by atoms with van der Waals surface area (Å²) in [6.07, 6.45) is 0. The van der Waals surface area contributed by atoms with Gasteiger partial charge in [0.15, 0.2) is 0 Å². The molecule has 0 aliphatic carbocycles. The van der Waals surface area contributed by atoms with Crippen molar-refractivity contribution in [2.45, 2.75) is 6.92 Å². The quantitative estimate of drug-likeness (QED) is 0.806. The van der Waals surface area contributed by atoms with E-state index in [1.807, 2.05) is 43.3 Å². The van der Waals surface area contributed by atoms with Crippen LogP contribution in [0.5, 0.6) is 0 Å². The van der Waals surface area contributed by atoms with Crippen molar-refractivity contribution < 1.29 is 4.21 Å². The summed E-state index contributed by atoms with van der Waals surface area (Å²) in [4.78, 5) is 0.403. The second-order valence-corrected chi connectivity index (χ2v) is 6.73. The van der Waals surface area contributed by atoms with E-state index in [1.165, 1.54) is 0 Å². The van der Waals surface area contributed by atoms with Gasteiger partial charge in [-0.25, -0.2) is 0 Å². The molecule has 5 heteroatoms. The first kappa shape index (κ1) is 14.9. The Morgan fingerprint density at radius 3 is 2.60 bits per heavy atom. The number of benzene rings is 2. The number of hydrogen-bond donors (Lipinski definition) is 2. The van der Waals surface area contributed by atoms with Crippen LogP contribution in [0.4, 0.5) is 5.69 Å². The molecular formula is C15H18N2OS2. The normalized spacial score (nSPS) is 12.2. The van der Waals surface area contributed by atoms with Crippen LogP contribution in [0.25, 0.3) is 10.8 Å². The van der Waals surface area contributed by atoms with Gasteiger partial charge in [0.05, 0.1) is 0 Å². The number of hydrogen-bond acceptors (Lipinski definition) is 3. The van der Waals surface area contributed by atoms with Crippen LogP contribution in [0, 0.1) is 0 Å². The Morgan fingerprint density at radius 2 is 1.95 bits per heavy atom. The second-order valence-electron chi connectivity index (χ2n) is 4.43. The van der Waals surface area contributed by atoms with Crippen LogP contribution >= 0.6 is 12.2 Å². The van der Waals surface area contributed by atoms with Gasteiger partial charge in [-0.2, -0.15) is 0 Å². The Labute approximate surface area is 127 Å². The Bertz CT molecular complexity index is 655. The van der Waals surface area contributed by atoms with E-state index < -0.39 is 10.8 Å². The Kier molecular flexibility index (Phi) is 5.09. The number of nitrogens with two attached hydrogens (primary N) is 1. The van der Waals surface area contributed by atoms with E-state index in [2.05, 4.69) is 5.32 Å². The van der Waals surface area contributed by atoms with Crippen LogP contribution in [-0.2, 0) is 10.8 Å². The van der Waals surface area contributed by atoms with E-state index in [9.17, 15) is 4.21 Å². The Balaban J connectivity index is 2.29. The third-order valence-corrected chi connectivity index (χ3v) is 4.68. The third-order valence-electron chi connectivity index (χ3n) is 3.16. The molecule has 1 unspecified atom stereocenters. The van der Waals surface area contributed by atoms with Crippen LogP contribution in [0.3, 0.4) is 0 Å². The first-order valence-corrected chi connectivity index (χ1v) is 8.43. The molecule has 0 heterocycles. The highest BCUT2D eigenvalue weighted by Crippen LogP contribution is 2.26. The zero-order valence-corrected chi connectivity index (χ0v) is 13.0. The van der Waals surface area contributed by atoms with Crippen molar-refractivity contribution in [3.63, 3.8) is 0 Å². The molecular weight excluding hydrogens is 288 g/mol. The topological polar surface area (TPSA) is 55.1 Å². The Morgan fingerprint density at radius 1 is 1.25 bits per heavy atom. The highest BCUT2D eigenvalue weighted by atomic mass is 32.2. The van der Waals surface area contributed by atoms with Crippen molar-refractivity contribution in [2.24, 2.45) is 5.73 Å². The summed E-state index contributed by atoms with van der Waals surface area (Å²) in [6, 6.07) is 11.9. The zero-order valence-electron chi connectivity index (χ0n) is 11.4. The third kappa shape index (κ3) is 3.35. The first-order chi connectivity index (χ1) is 9.63. The van der Waals surface area contributed by atoms with Crippen molar-refractivity contribution in [2.75, 3.05) is 23.4 Å². The fourth-order valence-electron chi connectivity index (χ4n) is 2.11. The molecule has 0 amide bonds. The van der Waals surface area contributed by atoms with Crippen LogP contribution in [0.1, 0.15) is 12.5 Å².